The number of pyridine rings is 1. The van der Waals surface area contributed by atoms with E-state index in [4.69, 9.17) is 15.2 Å². The van der Waals surface area contributed by atoms with Crippen molar-refractivity contribution in [3.63, 3.8) is 0 Å². The van der Waals surface area contributed by atoms with Crippen molar-refractivity contribution in [3.8, 4) is 44.9 Å². The van der Waals surface area contributed by atoms with Crippen molar-refractivity contribution in [1.82, 2.24) is 24.3 Å². The summed E-state index contributed by atoms with van der Waals surface area (Å²) in [6.07, 6.45) is 2.69. The van der Waals surface area contributed by atoms with E-state index in [-0.39, 0.29) is 0 Å². The van der Waals surface area contributed by atoms with E-state index in [1.165, 1.54) is 43.6 Å². The molecule has 4 heterocycles. The van der Waals surface area contributed by atoms with Gasteiger partial charge in [0, 0.05) is 67.8 Å². The first-order valence-electron chi connectivity index (χ1n) is 17.3. The molecule has 1 aliphatic rings. The molecule has 4 aromatic heterocycles. The van der Waals surface area contributed by atoms with Crippen LogP contribution in [-0.2, 0) is 6.42 Å². The van der Waals surface area contributed by atoms with E-state index in [1.54, 1.807) is 0 Å². The van der Waals surface area contributed by atoms with Crippen LogP contribution in [0.15, 0.2) is 164 Å². The number of hydrogen-bond donors (Lipinski definition) is 0. The van der Waals surface area contributed by atoms with Crippen molar-refractivity contribution < 1.29 is 0 Å². The fraction of sp³-hybridized carbons (Fsp3) is 0.0217. The third-order valence-corrected chi connectivity index (χ3v) is 10.5. The number of hydrogen-bond acceptors (Lipinski definition) is 3. The third-order valence-electron chi connectivity index (χ3n) is 10.5. The number of aromatic nitrogens is 5. The normalized spacial score (nSPS) is 12.2. The van der Waals surface area contributed by atoms with E-state index >= 15 is 0 Å². The summed E-state index contributed by atoms with van der Waals surface area (Å²) in [4.78, 5) is 4.98. The van der Waals surface area contributed by atoms with E-state index in [2.05, 4.69) is 167 Å². The lowest BCUT2D eigenvalue weighted by atomic mass is 10.00. The van der Waals surface area contributed by atoms with Crippen LogP contribution in [0.5, 0.6) is 0 Å². The summed E-state index contributed by atoms with van der Waals surface area (Å²) in [7, 11) is 0. The van der Waals surface area contributed by atoms with Gasteiger partial charge in [-0.2, -0.15) is 10.2 Å². The van der Waals surface area contributed by atoms with Crippen molar-refractivity contribution in [2.24, 2.45) is 0 Å². The van der Waals surface area contributed by atoms with Crippen molar-refractivity contribution >= 4 is 43.6 Å². The van der Waals surface area contributed by atoms with E-state index in [0.717, 1.165) is 56.3 Å². The molecule has 238 valence electrons. The molecule has 0 atom stereocenters. The summed E-state index contributed by atoms with van der Waals surface area (Å²) in [5, 5.41) is 14.4. The van der Waals surface area contributed by atoms with Gasteiger partial charge in [-0.05, 0) is 78.4 Å². The molecule has 0 fully saturated rings. The number of para-hydroxylation sites is 4. The number of benzene rings is 6. The SMILES string of the molecule is c1ccc(-n2c3ccccc3c3cc(-c4cnc5c(c4)-c4cc(-c6ccc7c(c6)c6ccccc6n7-c6ccccc6)nnc4C5)ccc32)cc1. The van der Waals surface area contributed by atoms with Crippen molar-refractivity contribution in [1.29, 1.82) is 0 Å². The Labute approximate surface area is 293 Å². The lowest BCUT2D eigenvalue weighted by Gasteiger charge is -2.09. The van der Waals surface area contributed by atoms with Crippen molar-refractivity contribution in [2.75, 3.05) is 0 Å². The molecule has 0 radical (unpaired) electrons. The van der Waals surface area contributed by atoms with Crippen LogP contribution in [-0.4, -0.2) is 24.3 Å². The van der Waals surface area contributed by atoms with Gasteiger partial charge in [-0.25, -0.2) is 0 Å². The lowest BCUT2D eigenvalue weighted by molar-refractivity contribution is 0.952. The molecule has 0 aliphatic heterocycles. The van der Waals surface area contributed by atoms with Crippen LogP contribution in [0.1, 0.15) is 11.4 Å². The van der Waals surface area contributed by atoms with E-state index in [1.807, 2.05) is 6.20 Å². The van der Waals surface area contributed by atoms with Gasteiger partial charge in [0.2, 0.25) is 0 Å². The zero-order valence-corrected chi connectivity index (χ0v) is 27.5. The van der Waals surface area contributed by atoms with Crippen LogP contribution in [0.2, 0.25) is 0 Å². The summed E-state index contributed by atoms with van der Waals surface area (Å²) in [6, 6.07) is 56.3. The lowest BCUT2D eigenvalue weighted by Crippen LogP contribution is -1.95. The van der Waals surface area contributed by atoms with Gasteiger partial charge in [-0.15, -0.1) is 0 Å². The van der Waals surface area contributed by atoms with Gasteiger partial charge < -0.3 is 9.13 Å². The maximum Gasteiger partial charge on any atom is 0.0936 e. The first-order valence-corrected chi connectivity index (χ1v) is 17.3. The highest BCUT2D eigenvalue weighted by Gasteiger charge is 2.24. The number of rotatable bonds is 4. The average molecular weight is 652 g/mol. The third kappa shape index (κ3) is 4.25. The number of nitrogens with zero attached hydrogens (tertiary/aromatic N) is 5. The van der Waals surface area contributed by atoms with Crippen molar-refractivity contribution in [2.45, 2.75) is 6.42 Å². The smallest absolute Gasteiger partial charge is 0.0936 e. The Morgan fingerprint density at radius 2 is 0.922 bits per heavy atom. The second-order valence-electron chi connectivity index (χ2n) is 13.3. The van der Waals surface area contributed by atoms with Crippen LogP contribution in [0, 0.1) is 0 Å². The predicted octanol–water partition coefficient (Wildman–Crippen LogP) is 11.0. The monoisotopic (exact) mass is 651 g/mol. The molecule has 0 amide bonds. The maximum atomic E-state index is 4.98. The molecule has 0 bridgehead atoms. The summed E-state index contributed by atoms with van der Waals surface area (Å²) >= 11 is 0. The highest BCUT2D eigenvalue weighted by Crippen LogP contribution is 2.41. The Bertz CT molecular complexity index is 2790. The van der Waals surface area contributed by atoms with Gasteiger partial charge in [0.25, 0.3) is 0 Å². The minimum Gasteiger partial charge on any atom is -0.309 e. The van der Waals surface area contributed by atoms with Crippen LogP contribution < -0.4 is 0 Å². The molecule has 1 aliphatic carbocycles. The van der Waals surface area contributed by atoms with Gasteiger partial charge in [-0.3, -0.25) is 4.98 Å². The minimum absolute atomic E-state index is 0.686. The molecular formula is C46H29N5. The molecule has 0 unspecified atom stereocenters. The average Bonchev–Trinajstić information content (AvgIpc) is 3.85. The quantitative estimate of drug-likeness (QED) is 0.190. The summed E-state index contributed by atoms with van der Waals surface area (Å²) in [5.41, 5.74) is 15.5. The molecule has 0 spiro atoms. The van der Waals surface area contributed by atoms with Gasteiger partial charge in [-0.1, -0.05) is 84.9 Å². The molecule has 0 saturated carbocycles. The summed E-state index contributed by atoms with van der Waals surface area (Å²) in [5.74, 6) is 0. The first-order chi connectivity index (χ1) is 25.3. The molecule has 11 rings (SSSR count). The van der Waals surface area contributed by atoms with Gasteiger partial charge in [0.15, 0.2) is 0 Å². The highest BCUT2D eigenvalue weighted by molar-refractivity contribution is 6.11. The van der Waals surface area contributed by atoms with Gasteiger partial charge in [0.1, 0.15) is 0 Å². The Hall–Kier alpha value is -6.85. The first kappa shape index (κ1) is 28.0. The molecule has 10 aromatic rings. The Balaban J connectivity index is 1.01. The Kier molecular flexibility index (Phi) is 5.95. The Morgan fingerprint density at radius 1 is 0.392 bits per heavy atom. The van der Waals surface area contributed by atoms with E-state index < -0.39 is 0 Å². The molecule has 5 nitrogen and oxygen atoms in total. The maximum absolute atomic E-state index is 4.98. The molecule has 5 heteroatoms. The molecular weight excluding hydrogens is 623 g/mol. The minimum atomic E-state index is 0.686. The van der Waals surface area contributed by atoms with Gasteiger partial charge >= 0.3 is 0 Å². The largest absolute Gasteiger partial charge is 0.309 e. The second-order valence-corrected chi connectivity index (χ2v) is 13.3. The second kappa shape index (κ2) is 10.8. The Morgan fingerprint density at radius 3 is 1.57 bits per heavy atom. The fourth-order valence-electron chi connectivity index (χ4n) is 8.10. The highest BCUT2D eigenvalue weighted by atomic mass is 15.1. The summed E-state index contributed by atoms with van der Waals surface area (Å²) < 4.78 is 4.69. The van der Waals surface area contributed by atoms with Crippen LogP contribution in [0.4, 0.5) is 0 Å². The zero-order chi connectivity index (χ0) is 33.5. The zero-order valence-electron chi connectivity index (χ0n) is 27.5. The van der Waals surface area contributed by atoms with Crippen molar-refractivity contribution in [3.05, 3.63) is 175 Å². The summed E-state index contributed by atoms with van der Waals surface area (Å²) in [6.45, 7) is 0. The molecule has 0 N–H and O–H groups in total. The number of fused-ring (bicyclic) bond motifs is 9. The van der Waals surface area contributed by atoms with E-state index in [9.17, 15) is 0 Å². The molecule has 0 saturated heterocycles. The van der Waals surface area contributed by atoms with Crippen LogP contribution in [0.25, 0.3) is 88.5 Å². The fourth-order valence-corrected chi connectivity index (χ4v) is 8.10. The van der Waals surface area contributed by atoms with E-state index in [0.29, 0.717) is 6.42 Å². The molecule has 51 heavy (non-hydrogen) atoms. The topological polar surface area (TPSA) is 48.5 Å². The van der Waals surface area contributed by atoms with Gasteiger partial charge in [0.05, 0.1) is 39.1 Å². The van der Waals surface area contributed by atoms with Crippen LogP contribution in [0.3, 0.4) is 0 Å². The molecule has 6 aromatic carbocycles. The predicted molar refractivity (Wildman–Crippen MR) is 208 cm³/mol. The standard InChI is InChI=1S/C46H29N5/c1-3-11-32(12-4-1)50-43-17-9-7-15-34(43)38-23-29(19-21-45(38)50)31-25-36-37-26-40(48-49-42(37)27-41(36)47-28-31)30-20-22-46-39(24-30)35-16-8-10-18-44(35)51(46)33-13-5-2-6-14-33/h1-26,28H,27H2. The van der Waals surface area contributed by atoms with Crippen LogP contribution >= 0.6 is 0 Å².